The normalized spacial score (nSPS) is 13.7. The summed E-state index contributed by atoms with van der Waals surface area (Å²) in [6.07, 6.45) is -1.12. The molecule has 0 aromatic heterocycles. The number of aliphatic hydroxyl groups excluding tert-OH is 3. The molecule has 1 aromatic rings. The van der Waals surface area contributed by atoms with Crippen molar-refractivity contribution in [1.29, 1.82) is 0 Å². The number of aliphatic hydroxyl groups is 3. The molecule has 1 aromatic carbocycles. The second-order valence-corrected chi connectivity index (χ2v) is 9.33. The van der Waals surface area contributed by atoms with Crippen molar-refractivity contribution in [1.82, 2.24) is 5.48 Å². The molecular weight excluding hydrogens is 485 g/mol. The zero-order valence-corrected chi connectivity index (χ0v) is 17.9. The average Bonchev–Trinajstić information content (AvgIpc) is 2.73. The number of azide groups is 2. The summed E-state index contributed by atoms with van der Waals surface area (Å²) in [5, 5.41) is 41.2. The topological polar surface area (TPSA) is 260 Å². The van der Waals surface area contributed by atoms with Gasteiger partial charge in [0.15, 0.2) is 0 Å². The van der Waals surface area contributed by atoms with Crippen molar-refractivity contribution in [3.8, 4) is 0 Å². The minimum Gasteiger partial charge on any atom is -0.394 e. The standard InChI is InChI=1S/C8H8AsN7O5.C6H12O4/c1-5(17)14-20-9(18,21-19)7-3-2-6(12-15-10)4-8(7)13-16-11;7-2-1-5(9)3-6(10)4-8/h2-4,19H,1H3,(H,14,17);2,5-6,8-10H,1,3-4H2. The van der Waals surface area contributed by atoms with E-state index in [2.05, 4.69) is 27.8 Å². The van der Waals surface area contributed by atoms with Crippen LogP contribution in [0.1, 0.15) is 19.8 Å². The SMILES string of the molecule is CC(=O)NO[As](=O)(OO)c1ccc(N=[N+]=[N-])cc1N=[N+]=[N-].O=CCC(O)CC(O)CO. The predicted octanol–water partition coefficient (Wildman–Crippen LogP) is 0.384. The minimum absolute atomic E-state index is 0.0110. The van der Waals surface area contributed by atoms with Crippen LogP contribution in [-0.2, 0) is 21.0 Å². The van der Waals surface area contributed by atoms with E-state index in [1.54, 1.807) is 5.48 Å². The van der Waals surface area contributed by atoms with E-state index < -0.39 is 32.3 Å². The first-order valence-electron chi connectivity index (χ1n) is 8.21. The Morgan fingerprint density at radius 3 is 2.42 bits per heavy atom. The van der Waals surface area contributed by atoms with Gasteiger partial charge in [-0.15, -0.1) is 0 Å². The third kappa shape index (κ3) is 10.6. The number of nitrogens with one attached hydrogen (secondary N) is 1. The maximum absolute atomic E-state index is 12.3. The Kier molecular flexibility index (Phi) is 13.6. The molecule has 5 N–H and O–H groups in total. The molecule has 0 radical (unpaired) electrons. The number of nitrogens with zero attached hydrogens (tertiary/aromatic N) is 6. The van der Waals surface area contributed by atoms with Crippen molar-refractivity contribution in [2.75, 3.05) is 6.61 Å². The van der Waals surface area contributed by atoms with Crippen molar-refractivity contribution in [3.63, 3.8) is 0 Å². The van der Waals surface area contributed by atoms with Gasteiger partial charge >= 0.3 is 119 Å². The van der Waals surface area contributed by atoms with Crippen molar-refractivity contribution in [3.05, 3.63) is 39.1 Å². The minimum atomic E-state index is -5.10. The number of carbonyl (C=O) groups excluding carboxylic acids is 2. The van der Waals surface area contributed by atoms with Gasteiger partial charge in [-0.05, 0) is 0 Å². The summed E-state index contributed by atoms with van der Waals surface area (Å²) in [7, 11) is 0. The van der Waals surface area contributed by atoms with E-state index in [9.17, 15) is 13.3 Å². The molecule has 0 spiro atoms. The number of benzene rings is 1. The van der Waals surface area contributed by atoms with Crippen LogP contribution in [0.15, 0.2) is 28.4 Å². The summed E-state index contributed by atoms with van der Waals surface area (Å²) in [6, 6.07) is 3.46. The first kappa shape index (κ1) is 28.1. The van der Waals surface area contributed by atoms with Crippen LogP contribution in [0.2, 0.25) is 0 Å². The van der Waals surface area contributed by atoms with Crippen LogP contribution in [0.5, 0.6) is 0 Å². The Morgan fingerprint density at radius 2 is 1.94 bits per heavy atom. The maximum atomic E-state index is 12.3. The van der Waals surface area contributed by atoms with Crippen LogP contribution >= 0.6 is 0 Å². The number of rotatable bonds is 11. The number of aldehydes is 1. The van der Waals surface area contributed by atoms with Crippen molar-refractivity contribution < 1.29 is 41.6 Å². The largest absolute Gasteiger partial charge is 0.394 e. The molecule has 0 bridgehead atoms. The molecule has 1 amide bonds. The molecule has 16 nitrogen and oxygen atoms in total. The molecule has 1 rings (SSSR count). The third-order valence-corrected chi connectivity index (χ3v) is 6.29. The van der Waals surface area contributed by atoms with E-state index in [1.807, 2.05) is 0 Å². The van der Waals surface area contributed by atoms with Crippen molar-refractivity contribution in [2.45, 2.75) is 32.0 Å². The van der Waals surface area contributed by atoms with Crippen LogP contribution in [0.25, 0.3) is 20.9 Å². The van der Waals surface area contributed by atoms with Gasteiger partial charge in [0.25, 0.3) is 0 Å². The van der Waals surface area contributed by atoms with Gasteiger partial charge < -0.3 is 20.1 Å². The molecular formula is C14H20AsN7O9. The predicted molar refractivity (Wildman–Crippen MR) is 103 cm³/mol. The van der Waals surface area contributed by atoms with E-state index >= 15 is 0 Å². The summed E-state index contributed by atoms with van der Waals surface area (Å²) >= 11 is -5.10. The fraction of sp³-hybridized carbons (Fsp3) is 0.429. The molecule has 17 heteroatoms. The molecule has 0 saturated carbocycles. The van der Waals surface area contributed by atoms with Gasteiger partial charge in [0.05, 0.1) is 18.8 Å². The zero-order chi connectivity index (χ0) is 23.9. The number of amides is 1. The van der Waals surface area contributed by atoms with Crippen LogP contribution in [0, 0.1) is 0 Å². The third-order valence-electron chi connectivity index (χ3n) is 3.11. The number of carbonyl (C=O) groups is 2. The molecule has 3 unspecified atom stereocenters. The molecule has 0 saturated heterocycles. The first-order valence-corrected chi connectivity index (χ1v) is 11.4. The van der Waals surface area contributed by atoms with E-state index in [4.69, 9.17) is 31.6 Å². The monoisotopic (exact) mass is 505 g/mol. The molecule has 0 aliphatic carbocycles. The zero-order valence-electron chi connectivity index (χ0n) is 16.0. The van der Waals surface area contributed by atoms with Crippen molar-refractivity contribution in [2.24, 2.45) is 10.2 Å². The second kappa shape index (κ2) is 15.0. The van der Waals surface area contributed by atoms with E-state index in [0.29, 0.717) is 6.29 Å². The average molecular weight is 505 g/mol. The smallest absolute Gasteiger partial charge is 0.122 e. The van der Waals surface area contributed by atoms with Gasteiger partial charge in [-0.2, -0.15) is 0 Å². The molecule has 170 valence electrons. The quantitative estimate of drug-likeness (QED) is 0.0529. The first-order chi connectivity index (χ1) is 14.7. The number of hydrogen-bond donors (Lipinski definition) is 5. The maximum Gasteiger partial charge on any atom is 0.122 e. The van der Waals surface area contributed by atoms with Crippen molar-refractivity contribution >= 4 is 42.1 Å². The van der Waals surface area contributed by atoms with Crippen LogP contribution < -0.4 is 9.83 Å². The summed E-state index contributed by atoms with van der Waals surface area (Å²) in [5.41, 5.74) is 18.4. The number of hydrogen-bond acceptors (Lipinski definition) is 11. The summed E-state index contributed by atoms with van der Waals surface area (Å²) in [5.74, 6) is -0.690. The summed E-state index contributed by atoms with van der Waals surface area (Å²) in [4.78, 5) is 25.6. The fourth-order valence-corrected chi connectivity index (χ4v) is 4.16. The molecule has 31 heavy (non-hydrogen) atoms. The molecule has 0 heterocycles. The van der Waals surface area contributed by atoms with Gasteiger partial charge in [-0.1, -0.05) is 0 Å². The number of hydroxylamine groups is 1. The van der Waals surface area contributed by atoms with Gasteiger partial charge in [-0.25, -0.2) is 0 Å². The van der Waals surface area contributed by atoms with Crippen LogP contribution in [0.3, 0.4) is 0 Å². The van der Waals surface area contributed by atoms with Crippen LogP contribution in [0.4, 0.5) is 11.4 Å². The van der Waals surface area contributed by atoms with Gasteiger partial charge in [0.2, 0.25) is 0 Å². The van der Waals surface area contributed by atoms with Crippen LogP contribution in [-0.4, -0.2) is 65.8 Å². The Hall–Kier alpha value is -2.90. The Morgan fingerprint density at radius 1 is 1.29 bits per heavy atom. The summed E-state index contributed by atoms with van der Waals surface area (Å²) < 4.78 is 20.5. The van der Waals surface area contributed by atoms with Gasteiger partial charge in [0, 0.05) is 12.8 Å². The molecule has 0 aliphatic rings. The van der Waals surface area contributed by atoms with Gasteiger partial charge in [0.1, 0.15) is 6.29 Å². The van der Waals surface area contributed by atoms with E-state index in [1.165, 1.54) is 6.07 Å². The Bertz CT molecular complexity index is 887. The molecule has 3 atom stereocenters. The molecule has 0 fully saturated rings. The van der Waals surface area contributed by atoms with E-state index in [0.717, 1.165) is 19.1 Å². The molecule has 0 aliphatic heterocycles. The van der Waals surface area contributed by atoms with Gasteiger partial charge in [-0.3, -0.25) is 0 Å². The second-order valence-electron chi connectivity index (χ2n) is 5.51. The Balaban J connectivity index is 0.000000759. The van der Waals surface area contributed by atoms with E-state index in [-0.39, 0.29) is 35.2 Å². The Labute approximate surface area is 177 Å². The summed E-state index contributed by atoms with van der Waals surface area (Å²) in [6.45, 7) is 0.701. The fourth-order valence-electron chi connectivity index (χ4n) is 1.82.